The number of unbranched alkanes of at least 4 members (excludes halogenated alkanes) is 7. The standard InChI is InChI=1S/C18H34O6S.K/c1-2-3-4-10-13-16(19)14-11-8-6-5-7-9-12-15-17(18(20)21)25(22,23)24;/h8,11,16-17,19H,2-7,9-10,12-15H2,1H3,(H,20,21)(H,22,23,24);/q;+1/p-1/b11-8-;/t16-,17?;/m1./s1. The van der Waals surface area contributed by atoms with Crippen molar-refractivity contribution in [1.82, 2.24) is 0 Å². The molecule has 2 atom stereocenters. The monoisotopic (exact) mass is 416 g/mol. The van der Waals surface area contributed by atoms with Crippen molar-refractivity contribution in [1.29, 1.82) is 0 Å². The average Bonchev–Trinajstić information content (AvgIpc) is 2.51. The Morgan fingerprint density at radius 3 is 2.15 bits per heavy atom. The van der Waals surface area contributed by atoms with Crippen LogP contribution in [-0.2, 0) is 14.9 Å². The molecule has 0 aromatic carbocycles. The summed E-state index contributed by atoms with van der Waals surface area (Å²) in [7, 11) is -4.58. The Hall–Kier alpha value is 0.716. The first kappa shape index (κ1) is 28.9. The van der Waals surface area contributed by atoms with Gasteiger partial charge in [0.05, 0.1) is 12.1 Å². The Balaban J connectivity index is 0. The summed E-state index contributed by atoms with van der Waals surface area (Å²) in [4.78, 5) is 10.7. The number of hydrogen-bond donors (Lipinski definition) is 2. The summed E-state index contributed by atoms with van der Waals surface area (Å²) in [6.45, 7) is 2.16. The minimum absolute atomic E-state index is 0. The molecular formula is C18H33KO6S. The third kappa shape index (κ3) is 16.9. The van der Waals surface area contributed by atoms with Gasteiger partial charge in [-0.2, -0.15) is 8.42 Å². The molecule has 0 rings (SSSR count). The van der Waals surface area contributed by atoms with E-state index in [1.165, 1.54) is 19.3 Å². The van der Waals surface area contributed by atoms with Gasteiger partial charge in [0.1, 0.15) is 5.25 Å². The van der Waals surface area contributed by atoms with Crippen molar-refractivity contribution in [3.63, 3.8) is 0 Å². The van der Waals surface area contributed by atoms with Crippen molar-refractivity contribution in [2.24, 2.45) is 0 Å². The van der Waals surface area contributed by atoms with Gasteiger partial charge in [-0.15, -0.1) is 0 Å². The van der Waals surface area contributed by atoms with E-state index in [4.69, 9.17) is 4.55 Å². The maximum absolute atomic E-state index is 10.9. The summed E-state index contributed by atoms with van der Waals surface area (Å²) in [6, 6.07) is 0. The van der Waals surface area contributed by atoms with E-state index in [9.17, 15) is 23.4 Å². The molecule has 0 aliphatic rings. The van der Waals surface area contributed by atoms with Crippen LogP contribution in [0.25, 0.3) is 0 Å². The number of hydrogen-bond acceptors (Lipinski definition) is 5. The number of carbonyl (C=O) groups excluding carboxylic acids is 1. The van der Waals surface area contributed by atoms with Crippen LogP contribution in [0.3, 0.4) is 0 Å². The van der Waals surface area contributed by atoms with E-state index in [1.54, 1.807) is 0 Å². The molecule has 0 aliphatic carbocycles. The molecule has 0 spiro atoms. The number of carboxylic acids is 1. The maximum atomic E-state index is 10.9. The van der Waals surface area contributed by atoms with Crippen LogP contribution in [-0.4, -0.2) is 35.4 Å². The number of allylic oxidation sites excluding steroid dienone is 1. The summed E-state index contributed by atoms with van der Waals surface area (Å²) < 4.78 is 30.5. The first-order valence-electron chi connectivity index (χ1n) is 9.29. The van der Waals surface area contributed by atoms with E-state index in [0.717, 1.165) is 32.1 Å². The van der Waals surface area contributed by atoms with Gasteiger partial charge in [-0.05, 0) is 32.1 Å². The van der Waals surface area contributed by atoms with Crippen LogP contribution < -0.4 is 56.5 Å². The molecular weight excluding hydrogens is 383 g/mol. The average molecular weight is 417 g/mol. The molecule has 0 heterocycles. The Morgan fingerprint density at radius 2 is 1.58 bits per heavy atom. The van der Waals surface area contributed by atoms with E-state index in [0.29, 0.717) is 19.3 Å². The Kier molecular flexibility index (Phi) is 19.8. The minimum Gasteiger partial charge on any atom is -0.549 e. The number of rotatable bonds is 16. The largest absolute Gasteiger partial charge is 1.00 e. The molecule has 0 aromatic heterocycles. The van der Waals surface area contributed by atoms with Gasteiger partial charge < -0.3 is 15.0 Å². The molecule has 0 radical (unpaired) electrons. The van der Waals surface area contributed by atoms with Crippen LogP contribution in [0.15, 0.2) is 12.2 Å². The normalized spacial score (nSPS) is 14.1. The van der Waals surface area contributed by atoms with E-state index >= 15 is 0 Å². The predicted molar refractivity (Wildman–Crippen MR) is 96.6 cm³/mol. The van der Waals surface area contributed by atoms with Crippen LogP contribution in [0.1, 0.15) is 84.0 Å². The molecule has 6 nitrogen and oxygen atoms in total. The minimum atomic E-state index is -4.58. The molecule has 148 valence electrons. The van der Waals surface area contributed by atoms with Gasteiger partial charge in [0.2, 0.25) is 0 Å². The van der Waals surface area contributed by atoms with Gasteiger partial charge in [0.25, 0.3) is 10.1 Å². The number of carbonyl (C=O) groups is 1. The Morgan fingerprint density at radius 1 is 1.00 bits per heavy atom. The molecule has 0 aromatic rings. The van der Waals surface area contributed by atoms with E-state index in [-0.39, 0.29) is 63.9 Å². The van der Waals surface area contributed by atoms with E-state index < -0.39 is 21.3 Å². The summed E-state index contributed by atoms with van der Waals surface area (Å²) in [5, 5.41) is 18.6. The molecule has 0 saturated heterocycles. The Labute approximate surface area is 201 Å². The summed E-state index contributed by atoms with van der Waals surface area (Å²) in [5.74, 6) is -1.75. The summed E-state index contributed by atoms with van der Waals surface area (Å²) in [5.41, 5.74) is 0. The van der Waals surface area contributed by atoms with Crippen molar-refractivity contribution in [3.8, 4) is 0 Å². The van der Waals surface area contributed by atoms with Crippen LogP contribution in [0.2, 0.25) is 0 Å². The molecule has 8 heteroatoms. The SMILES string of the molecule is CCCCCC[C@@H](O)C/C=C\CCCCCCC(C(=O)[O-])S(=O)(=O)O.[K+]. The summed E-state index contributed by atoms with van der Waals surface area (Å²) in [6.07, 6.45) is 13.6. The van der Waals surface area contributed by atoms with Gasteiger partial charge in [-0.1, -0.05) is 64.0 Å². The quantitative estimate of drug-likeness (QED) is 0.153. The zero-order valence-corrected chi connectivity index (χ0v) is 20.2. The second kappa shape index (κ2) is 17.8. The number of aliphatic hydroxyl groups excluding tert-OH is 1. The fourth-order valence-corrected chi connectivity index (χ4v) is 3.34. The topological polar surface area (TPSA) is 115 Å². The van der Waals surface area contributed by atoms with Crippen molar-refractivity contribution >= 4 is 16.1 Å². The van der Waals surface area contributed by atoms with Crippen molar-refractivity contribution in [2.45, 2.75) is 95.3 Å². The number of aliphatic hydroxyl groups is 1. The summed E-state index contributed by atoms with van der Waals surface area (Å²) >= 11 is 0. The van der Waals surface area contributed by atoms with Crippen LogP contribution in [0.5, 0.6) is 0 Å². The first-order chi connectivity index (χ1) is 11.8. The zero-order chi connectivity index (χ0) is 19.1. The fraction of sp³-hybridized carbons (Fsp3) is 0.833. The van der Waals surface area contributed by atoms with Gasteiger partial charge in [-0.25, -0.2) is 0 Å². The fourth-order valence-electron chi connectivity index (χ4n) is 2.63. The number of carboxylic acid groups (broad SMARTS) is 1. The molecule has 0 bridgehead atoms. The molecule has 0 amide bonds. The molecule has 0 fully saturated rings. The second-order valence-electron chi connectivity index (χ2n) is 6.52. The second-order valence-corrected chi connectivity index (χ2v) is 8.12. The third-order valence-electron chi connectivity index (χ3n) is 4.18. The molecule has 26 heavy (non-hydrogen) atoms. The van der Waals surface area contributed by atoms with Crippen molar-refractivity contribution in [3.05, 3.63) is 12.2 Å². The van der Waals surface area contributed by atoms with Gasteiger partial charge in [0.15, 0.2) is 0 Å². The van der Waals surface area contributed by atoms with Crippen molar-refractivity contribution in [2.75, 3.05) is 0 Å². The van der Waals surface area contributed by atoms with E-state index in [2.05, 4.69) is 6.92 Å². The zero-order valence-electron chi connectivity index (χ0n) is 16.2. The van der Waals surface area contributed by atoms with Gasteiger partial charge in [-0.3, -0.25) is 4.55 Å². The smallest absolute Gasteiger partial charge is 0.549 e. The molecule has 0 aliphatic heterocycles. The van der Waals surface area contributed by atoms with Crippen LogP contribution >= 0.6 is 0 Å². The molecule has 1 unspecified atom stereocenters. The number of aliphatic carboxylic acids is 1. The van der Waals surface area contributed by atoms with Gasteiger partial charge in [0, 0.05) is 0 Å². The third-order valence-corrected chi connectivity index (χ3v) is 5.32. The van der Waals surface area contributed by atoms with E-state index in [1.807, 2.05) is 12.2 Å². The van der Waals surface area contributed by atoms with Gasteiger partial charge >= 0.3 is 51.4 Å². The molecule has 0 saturated carbocycles. The maximum Gasteiger partial charge on any atom is 1.00 e. The van der Waals surface area contributed by atoms with Crippen LogP contribution in [0.4, 0.5) is 0 Å². The predicted octanol–water partition coefficient (Wildman–Crippen LogP) is -0.385. The van der Waals surface area contributed by atoms with Crippen LogP contribution in [0, 0.1) is 0 Å². The van der Waals surface area contributed by atoms with Crippen molar-refractivity contribution < 1.29 is 79.4 Å². The molecule has 2 N–H and O–H groups in total. The Bertz CT molecular complexity index is 478. The first-order valence-corrected chi connectivity index (χ1v) is 10.8.